The highest BCUT2D eigenvalue weighted by Crippen LogP contribution is 2.19. The zero-order chi connectivity index (χ0) is 11.4. The molecule has 0 bridgehead atoms. The summed E-state index contributed by atoms with van der Waals surface area (Å²) >= 11 is 0. The summed E-state index contributed by atoms with van der Waals surface area (Å²) in [7, 11) is 0. The Balaban J connectivity index is 1.91. The number of oxazole rings is 1. The molecule has 0 spiro atoms. The predicted molar refractivity (Wildman–Crippen MR) is 61.3 cm³/mol. The van der Waals surface area contributed by atoms with Crippen molar-refractivity contribution in [1.29, 1.82) is 0 Å². The van der Waals surface area contributed by atoms with E-state index >= 15 is 0 Å². The van der Waals surface area contributed by atoms with E-state index in [0.717, 1.165) is 31.1 Å². The molecule has 1 aliphatic heterocycles. The van der Waals surface area contributed by atoms with E-state index in [0.29, 0.717) is 6.54 Å². The molecule has 0 saturated carbocycles. The molecule has 1 aromatic heterocycles. The zero-order valence-electron chi connectivity index (χ0n) is 9.82. The van der Waals surface area contributed by atoms with Gasteiger partial charge in [0.1, 0.15) is 5.76 Å². The average Bonchev–Trinajstić information content (AvgIpc) is 2.78. The number of nitrogens with zero attached hydrogens (tertiary/aromatic N) is 1. The van der Waals surface area contributed by atoms with Gasteiger partial charge in [-0.3, -0.25) is 0 Å². The van der Waals surface area contributed by atoms with Crippen LogP contribution in [0, 0.1) is 0 Å². The Labute approximate surface area is 96.2 Å². The van der Waals surface area contributed by atoms with E-state index in [1.807, 2.05) is 6.92 Å². The van der Waals surface area contributed by atoms with E-state index in [-0.39, 0.29) is 12.0 Å². The highest BCUT2D eigenvalue weighted by molar-refractivity contribution is 5.01. The van der Waals surface area contributed by atoms with E-state index in [1.54, 1.807) is 6.20 Å². The molecular formula is C12H20N2O2. The summed E-state index contributed by atoms with van der Waals surface area (Å²) in [4.78, 5) is 4.28. The predicted octanol–water partition coefficient (Wildman–Crippen LogP) is 1.85. The third-order valence-corrected chi connectivity index (χ3v) is 3.09. The fourth-order valence-electron chi connectivity index (χ4n) is 1.93. The summed E-state index contributed by atoms with van der Waals surface area (Å²) in [5, 5.41) is 0. The summed E-state index contributed by atoms with van der Waals surface area (Å²) in [6, 6.07) is 0. The van der Waals surface area contributed by atoms with Crippen LogP contribution < -0.4 is 5.73 Å². The quantitative estimate of drug-likeness (QED) is 0.847. The third kappa shape index (κ3) is 2.83. The van der Waals surface area contributed by atoms with E-state index in [1.165, 1.54) is 12.8 Å². The average molecular weight is 224 g/mol. The number of rotatable bonds is 4. The molecule has 1 saturated heterocycles. The molecule has 2 unspecified atom stereocenters. The highest BCUT2D eigenvalue weighted by Gasteiger charge is 2.18. The van der Waals surface area contributed by atoms with Gasteiger partial charge in [0, 0.05) is 19.1 Å². The second kappa shape index (κ2) is 5.46. The molecule has 0 amide bonds. The maximum atomic E-state index is 5.67. The lowest BCUT2D eigenvalue weighted by atomic mass is 10.1. The van der Waals surface area contributed by atoms with Gasteiger partial charge in [-0.1, -0.05) is 6.92 Å². The molecule has 1 aliphatic rings. The van der Waals surface area contributed by atoms with Crippen LogP contribution in [0.2, 0.25) is 0 Å². The summed E-state index contributed by atoms with van der Waals surface area (Å²) < 4.78 is 11.3. The summed E-state index contributed by atoms with van der Waals surface area (Å²) in [5.41, 5.74) is 5.59. The first-order valence-corrected chi connectivity index (χ1v) is 6.06. The standard InChI is InChI=1S/C12H20N2O2/c1-9(7-13)11-8-14-12(16-11)6-10-4-2-3-5-15-10/h8-10H,2-7,13H2,1H3. The fraction of sp³-hybridized carbons (Fsp3) is 0.750. The van der Waals surface area contributed by atoms with Gasteiger partial charge >= 0.3 is 0 Å². The number of aromatic nitrogens is 1. The van der Waals surface area contributed by atoms with E-state index in [4.69, 9.17) is 14.9 Å². The van der Waals surface area contributed by atoms with Crippen molar-refractivity contribution >= 4 is 0 Å². The number of nitrogens with two attached hydrogens (primary N) is 1. The topological polar surface area (TPSA) is 61.3 Å². The largest absolute Gasteiger partial charge is 0.445 e. The van der Waals surface area contributed by atoms with Crippen LogP contribution in [0.3, 0.4) is 0 Å². The molecule has 2 N–H and O–H groups in total. The minimum absolute atomic E-state index is 0.244. The number of ether oxygens (including phenoxy) is 1. The maximum absolute atomic E-state index is 5.67. The molecule has 2 heterocycles. The molecule has 2 rings (SSSR count). The molecule has 0 aromatic carbocycles. The van der Waals surface area contributed by atoms with Crippen LogP contribution >= 0.6 is 0 Å². The van der Waals surface area contributed by atoms with Gasteiger partial charge in [-0.25, -0.2) is 4.98 Å². The molecule has 16 heavy (non-hydrogen) atoms. The van der Waals surface area contributed by atoms with Gasteiger partial charge in [0.05, 0.1) is 18.7 Å². The molecule has 0 radical (unpaired) electrons. The van der Waals surface area contributed by atoms with Crippen molar-refractivity contribution in [2.24, 2.45) is 5.73 Å². The van der Waals surface area contributed by atoms with Gasteiger partial charge in [0.2, 0.25) is 0 Å². The molecule has 1 aromatic rings. The first kappa shape index (κ1) is 11.6. The zero-order valence-corrected chi connectivity index (χ0v) is 9.82. The lowest BCUT2D eigenvalue weighted by Crippen LogP contribution is -2.21. The van der Waals surface area contributed by atoms with Crippen molar-refractivity contribution in [3.8, 4) is 0 Å². The van der Waals surface area contributed by atoms with E-state index in [9.17, 15) is 0 Å². The van der Waals surface area contributed by atoms with Gasteiger partial charge in [-0.2, -0.15) is 0 Å². The Bertz CT molecular complexity index is 319. The molecule has 4 nitrogen and oxygen atoms in total. The van der Waals surface area contributed by atoms with Crippen LogP contribution in [-0.4, -0.2) is 24.2 Å². The van der Waals surface area contributed by atoms with Gasteiger partial charge in [0.25, 0.3) is 0 Å². The minimum atomic E-state index is 0.244. The minimum Gasteiger partial charge on any atom is -0.445 e. The Morgan fingerprint density at radius 3 is 3.12 bits per heavy atom. The number of hydrogen-bond acceptors (Lipinski definition) is 4. The lowest BCUT2D eigenvalue weighted by molar-refractivity contribution is 0.0130. The first-order valence-electron chi connectivity index (χ1n) is 6.06. The highest BCUT2D eigenvalue weighted by atomic mass is 16.5. The normalized spacial score (nSPS) is 23.2. The molecule has 90 valence electrons. The van der Waals surface area contributed by atoms with Crippen LogP contribution in [0.4, 0.5) is 0 Å². The van der Waals surface area contributed by atoms with Crippen molar-refractivity contribution in [3.05, 3.63) is 17.8 Å². The van der Waals surface area contributed by atoms with Gasteiger partial charge in [-0.05, 0) is 19.3 Å². The Hall–Kier alpha value is -0.870. The third-order valence-electron chi connectivity index (χ3n) is 3.09. The van der Waals surface area contributed by atoms with Crippen LogP contribution in [0.5, 0.6) is 0 Å². The van der Waals surface area contributed by atoms with Crippen molar-refractivity contribution in [2.75, 3.05) is 13.2 Å². The molecular weight excluding hydrogens is 204 g/mol. The molecule has 2 atom stereocenters. The fourth-order valence-corrected chi connectivity index (χ4v) is 1.93. The monoisotopic (exact) mass is 224 g/mol. The Kier molecular flexibility index (Phi) is 3.96. The van der Waals surface area contributed by atoms with Gasteiger partial charge in [0.15, 0.2) is 5.89 Å². The van der Waals surface area contributed by atoms with Crippen LogP contribution in [0.25, 0.3) is 0 Å². The van der Waals surface area contributed by atoms with Crippen molar-refractivity contribution in [1.82, 2.24) is 4.98 Å². The second-order valence-corrected chi connectivity index (χ2v) is 4.49. The SMILES string of the molecule is CC(CN)c1cnc(CC2CCCCO2)o1. The van der Waals surface area contributed by atoms with E-state index < -0.39 is 0 Å². The van der Waals surface area contributed by atoms with Gasteiger partial charge < -0.3 is 14.9 Å². The van der Waals surface area contributed by atoms with Gasteiger partial charge in [-0.15, -0.1) is 0 Å². The van der Waals surface area contributed by atoms with Crippen molar-refractivity contribution in [3.63, 3.8) is 0 Å². The molecule has 1 fully saturated rings. The Morgan fingerprint density at radius 2 is 2.44 bits per heavy atom. The maximum Gasteiger partial charge on any atom is 0.196 e. The summed E-state index contributed by atoms with van der Waals surface area (Å²) in [5.74, 6) is 1.91. The summed E-state index contributed by atoms with van der Waals surface area (Å²) in [6.07, 6.45) is 6.40. The van der Waals surface area contributed by atoms with Crippen LogP contribution in [0.15, 0.2) is 10.6 Å². The molecule has 0 aliphatic carbocycles. The smallest absolute Gasteiger partial charge is 0.196 e. The first-order chi connectivity index (χ1) is 7.79. The van der Waals surface area contributed by atoms with Crippen LogP contribution in [-0.2, 0) is 11.2 Å². The Morgan fingerprint density at radius 1 is 1.56 bits per heavy atom. The summed E-state index contributed by atoms with van der Waals surface area (Å²) in [6.45, 7) is 3.51. The lowest BCUT2D eigenvalue weighted by Gasteiger charge is -2.20. The van der Waals surface area contributed by atoms with Crippen molar-refractivity contribution in [2.45, 2.75) is 44.6 Å². The van der Waals surface area contributed by atoms with E-state index in [2.05, 4.69) is 4.98 Å². The molecule has 4 heteroatoms. The van der Waals surface area contributed by atoms with Crippen molar-refractivity contribution < 1.29 is 9.15 Å². The number of hydrogen-bond donors (Lipinski definition) is 1. The second-order valence-electron chi connectivity index (χ2n) is 4.49. The van der Waals surface area contributed by atoms with Crippen LogP contribution in [0.1, 0.15) is 43.8 Å².